The van der Waals surface area contributed by atoms with E-state index in [2.05, 4.69) is 50.8 Å². The van der Waals surface area contributed by atoms with Gasteiger partial charge in [-0.1, -0.05) is 19.6 Å². The maximum Gasteiger partial charge on any atom is 0.274 e. The Morgan fingerprint density at radius 1 is 1.14 bits per heavy atom. The highest BCUT2D eigenvalue weighted by Gasteiger charge is 2.18. The van der Waals surface area contributed by atoms with E-state index in [4.69, 9.17) is 18.9 Å². The van der Waals surface area contributed by atoms with Crippen molar-refractivity contribution in [1.29, 1.82) is 0 Å². The quantitative estimate of drug-likeness (QED) is 0.183. The zero-order valence-electron chi connectivity index (χ0n) is 21.8. The molecule has 1 N–H and O–H groups in total. The van der Waals surface area contributed by atoms with Crippen molar-refractivity contribution in [1.82, 2.24) is 4.98 Å². The first kappa shape index (κ1) is 27.4. The largest absolute Gasteiger partial charge is 0.497 e. The Morgan fingerprint density at radius 3 is 2.54 bits per heavy atom. The Kier molecular flexibility index (Phi) is 9.07. The number of hydrogen-bond acceptors (Lipinski definition) is 7. The van der Waals surface area contributed by atoms with Crippen LogP contribution in [0.4, 0.5) is 11.4 Å². The summed E-state index contributed by atoms with van der Waals surface area (Å²) in [7, 11) is 0.405. The number of aromatic nitrogens is 1. The molecule has 2 heterocycles. The lowest BCUT2D eigenvalue weighted by molar-refractivity contribution is 0.0229. The second-order valence-corrected chi connectivity index (χ2v) is 16.6. The normalized spacial score (nSPS) is 14.0. The second kappa shape index (κ2) is 12.3. The summed E-state index contributed by atoms with van der Waals surface area (Å²) in [4.78, 5) is 20.1. The van der Waals surface area contributed by atoms with Crippen LogP contribution in [0.15, 0.2) is 46.9 Å². The number of benzene rings is 2. The third-order valence-corrected chi connectivity index (χ3v) is 8.37. The summed E-state index contributed by atoms with van der Waals surface area (Å²) in [5.41, 5.74) is 2.64. The minimum absolute atomic E-state index is 0.0858. The first-order valence-corrected chi connectivity index (χ1v) is 16.9. The molecule has 4 rings (SSSR count). The number of nitrogens with zero attached hydrogens (tertiary/aromatic N) is 2. The van der Waals surface area contributed by atoms with Crippen molar-refractivity contribution in [2.24, 2.45) is 0 Å². The average Bonchev–Trinajstić information content (AvgIpc) is 2.88. The van der Waals surface area contributed by atoms with Gasteiger partial charge in [0.2, 0.25) is 0 Å². The zero-order valence-corrected chi connectivity index (χ0v) is 24.4. The number of halogens is 1. The molecule has 0 spiro atoms. The van der Waals surface area contributed by atoms with Crippen molar-refractivity contribution >= 4 is 52.2 Å². The van der Waals surface area contributed by atoms with E-state index < -0.39 is 8.07 Å². The first-order valence-electron chi connectivity index (χ1n) is 12.4. The molecule has 0 aliphatic carbocycles. The summed E-state index contributed by atoms with van der Waals surface area (Å²) in [5, 5.41) is 3.68. The number of carbonyl (C=O) groups is 1. The molecule has 1 aliphatic heterocycles. The Labute approximate surface area is 227 Å². The van der Waals surface area contributed by atoms with Crippen molar-refractivity contribution in [3.63, 3.8) is 0 Å². The molecular formula is C27H34BrN3O5Si. The van der Waals surface area contributed by atoms with Gasteiger partial charge >= 0.3 is 0 Å². The van der Waals surface area contributed by atoms with Gasteiger partial charge in [-0.25, -0.2) is 4.98 Å². The zero-order chi connectivity index (χ0) is 26.4. The Balaban J connectivity index is 1.52. The van der Waals surface area contributed by atoms with Gasteiger partial charge in [-0.05, 0) is 58.4 Å². The topological polar surface area (TPSA) is 82.2 Å². The molecule has 1 amide bonds. The third kappa shape index (κ3) is 7.44. The number of ether oxygens (including phenoxy) is 4. The number of methoxy groups -OCH3 is 1. The molecule has 1 saturated heterocycles. The molecule has 8 nitrogen and oxygen atoms in total. The number of pyridine rings is 1. The van der Waals surface area contributed by atoms with Gasteiger partial charge in [-0.15, -0.1) is 0 Å². The molecule has 1 aromatic heterocycles. The first-order chi connectivity index (χ1) is 17.7. The van der Waals surface area contributed by atoms with Gasteiger partial charge in [-0.3, -0.25) is 4.79 Å². The number of rotatable bonds is 10. The van der Waals surface area contributed by atoms with E-state index in [-0.39, 0.29) is 18.4 Å². The lowest BCUT2D eigenvalue weighted by atomic mass is 10.1. The standard InChI is InChI=1S/C27H34BrN3O5Si/c1-33-21-15-22-25(36-18-35-13-14-37(2,3)4)17-24(30-26(22)23(28)16-21)27(32)29-19-5-7-20(8-6-19)31-9-11-34-12-10-31/h5-8,15-17H,9-14,18H2,1-4H3,(H,29,32). The second-order valence-electron chi connectivity index (χ2n) is 10.1. The molecule has 1 fully saturated rings. The molecule has 0 saturated carbocycles. The summed E-state index contributed by atoms with van der Waals surface area (Å²) in [6.45, 7) is 10.8. The molecule has 3 aromatic rings. The summed E-state index contributed by atoms with van der Waals surface area (Å²) < 4.78 is 23.3. The SMILES string of the molecule is COc1cc(Br)c2nc(C(=O)Nc3ccc(N4CCOCC4)cc3)cc(OCOCC[Si](C)(C)C)c2c1. The Morgan fingerprint density at radius 2 is 1.86 bits per heavy atom. The van der Waals surface area contributed by atoms with E-state index in [1.807, 2.05) is 36.4 Å². The van der Waals surface area contributed by atoms with Crippen LogP contribution < -0.4 is 19.7 Å². The number of carbonyl (C=O) groups excluding carboxylic acids is 1. The van der Waals surface area contributed by atoms with Gasteiger partial charge in [0, 0.05) is 55.1 Å². The van der Waals surface area contributed by atoms with Crippen molar-refractivity contribution in [2.45, 2.75) is 25.7 Å². The number of amides is 1. The van der Waals surface area contributed by atoms with E-state index in [9.17, 15) is 4.79 Å². The number of morpholine rings is 1. The minimum atomic E-state index is -1.20. The van der Waals surface area contributed by atoms with Gasteiger partial charge in [0.25, 0.3) is 5.91 Å². The van der Waals surface area contributed by atoms with Crippen LogP contribution in [0, 0.1) is 0 Å². The number of hydrogen-bond donors (Lipinski definition) is 1. The number of anilines is 2. The van der Waals surface area contributed by atoms with Crippen molar-refractivity contribution in [2.75, 3.05) is 57.0 Å². The highest BCUT2D eigenvalue weighted by molar-refractivity contribution is 9.10. The van der Waals surface area contributed by atoms with Gasteiger partial charge in [0.05, 0.1) is 25.8 Å². The highest BCUT2D eigenvalue weighted by atomic mass is 79.9. The number of nitrogens with one attached hydrogen (secondary N) is 1. The van der Waals surface area contributed by atoms with Crippen molar-refractivity contribution < 1.29 is 23.7 Å². The fourth-order valence-corrected chi connectivity index (χ4v) is 5.18. The summed E-state index contributed by atoms with van der Waals surface area (Å²) in [6.07, 6.45) is 0. The van der Waals surface area contributed by atoms with E-state index in [0.29, 0.717) is 33.8 Å². The fraction of sp³-hybridized carbons (Fsp3) is 0.407. The van der Waals surface area contributed by atoms with Crippen LogP contribution in [-0.2, 0) is 9.47 Å². The predicted octanol–water partition coefficient (Wildman–Crippen LogP) is 5.79. The third-order valence-electron chi connectivity index (χ3n) is 6.07. The molecule has 198 valence electrons. The molecule has 0 bridgehead atoms. The smallest absolute Gasteiger partial charge is 0.274 e. The monoisotopic (exact) mass is 587 g/mol. The predicted molar refractivity (Wildman–Crippen MR) is 153 cm³/mol. The van der Waals surface area contributed by atoms with Gasteiger partial charge in [0.1, 0.15) is 17.2 Å². The van der Waals surface area contributed by atoms with Gasteiger partial charge in [-0.2, -0.15) is 0 Å². The molecule has 37 heavy (non-hydrogen) atoms. The van der Waals surface area contributed by atoms with Crippen LogP contribution in [0.3, 0.4) is 0 Å². The number of fused-ring (bicyclic) bond motifs is 1. The maximum absolute atomic E-state index is 13.2. The molecule has 0 unspecified atom stereocenters. The summed E-state index contributed by atoms with van der Waals surface area (Å²) in [5.74, 6) is 0.835. The highest BCUT2D eigenvalue weighted by Crippen LogP contribution is 2.35. The summed E-state index contributed by atoms with van der Waals surface area (Å²) >= 11 is 3.56. The molecular weight excluding hydrogens is 554 g/mol. The van der Waals surface area contributed by atoms with Crippen LogP contribution in [-0.4, -0.2) is 65.8 Å². The van der Waals surface area contributed by atoms with Gasteiger partial charge < -0.3 is 29.2 Å². The molecule has 10 heteroatoms. The van der Waals surface area contributed by atoms with Gasteiger partial charge in [0.15, 0.2) is 6.79 Å². The van der Waals surface area contributed by atoms with Crippen LogP contribution in [0.5, 0.6) is 11.5 Å². The van der Waals surface area contributed by atoms with E-state index >= 15 is 0 Å². The average molecular weight is 589 g/mol. The van der Waals surface area contributed by atoms with Crippen LogP contribution in [0.25, 0.3) is 10.9 Å². The van der Waals surface area contributed by atoms with Crippen molar-refractivity contribution in [3.05, 3.63) is 52.6 Å². The van der Waals surface area contributed by atoms with E-state index in [0.717, 1.165) is 43.4 Å². The molecule has 0 atom stereocenters. The Hall–Kier alpha value is -2.66. The fourth-order valence-electron chi connectivity index (χ4n) is 3.90. The molecule has 0 radical (unpaired) electrons. The molecule has 1 aliphatic rings. The van der Waals surface area contributed by atoms with Crippen LogP contribution in [0.2, 0.25) is 25.7 Å². The van der Waals surface area contributed by atoms with Crippen LogP contribution in [0.1, 0.15) is 10.5 Å². The maximum atomic E-state index is 13.2. The van der Waals surface area contributed by atoms with Crippen LogP contribution >= 0.6 is 15.9 Å². The molecule has 2 aromatic carbocycles. The lowest BCUT2D eigenvalue weighted by Gasteiger charge is -2.28. The minimum Gasteiger partial charge on any atom is -0.497 e. The van der Waals surface area contributed by atoms with Crippen molar-refractivity contribution in [3.8, 4) is 11.5 Å². The summed E-state index contributed by atoms with van der Waals surface area (Å²) in [6, 6.07) is 14.2. The Bertz CT molecular complexity index is 1230. The van der Waals surface area contributed by atoms with E-state index in [1.165, 1.54) is 0 Å². The van der Waals surface area contributed by atoms with E-state index in [1.54, 1.807) is 13.2 Å². The lowest BCUT2D eigenvalue weighted by Crippen LogP contribution is -2.36.